The van der Waals surface area contributed by atoms with E-state index in [2.05, 4.69) is 4.18 Å². The normalized spacial score (nSPS) is 42.8. The third kappa shape index (κ3) is 2.09. The first-order chi connectivity index (χ1) is 8.63. The Balaban J connectivity index is 1.77. The standard InChI is InChI=1S/C7H6O9S2/c8-7-13-5(3-1-11-17(9)15-3)6(14-7)4-2-12-18(10)16-4/h1,4-6H,2H2. The lowest BCUT2D eigenvalue weighted by molar-refractivity contribution is 0.0438. The highest BCUT2D eigenvalue weighted by Crippen LogP contribution is 2.31. The van der Waals surface area contributed by atoms with Gasteiger partial charge in [0.1, 0.15) is 6.10 Å². The van der Waals surface area contributed by atoms with Crippen LogP contribution in [-0.2, 0) is 48.9 Å². The Morgan fingerprint density at radius 1 is 1.22 bits per heavy atom. The van der Waals surface area contributed by atoms with Gasteiger partial charge in [0.25, 0.3) is 0 Å². The number of carbonyl (C=O) groups excluding carboxylic acids is 1. The van der Waals surface area contributed by atoms with Crippen molar-refractivity contribution in [3.63, 3.8) is 0 Å². The summed E-state index contributed by atoms with van der Waals surface area (Å²) in [5.74, 6) is 0.0328. The Morgan fingerprint density at radius 2 is 2.06 bits per heavy atom. The fourth-order valence-corrected chi connectivity index (χ4v) is 2.78. The molecule has 11 heteroatoms. The lowest BCUT2D eigenvalue weighted by Crippen LogP contribution is -2.37. The molecule has 0 N–H and O–H groups in total. The van der Waals surface area contributed by atoms with E-state index in [0.29, 0.717) is 0 Å². The Hall–Kier alpha value is -1.17. The molecular formula is C7H6O9S2. The fraction of sp³-hybridized carbons (Fsp3) is 0.571. The van der Waals surface area contributed by atoms with E-state index in [0.717, 1.165) is 6.26 Å². The number of rotatable bonds is 2. The molecule has 0 aromatic rings. The molecule has 2 fully saturated rings. The molecule has 9 nitrogen and oxygen atoms in total. The van der Waals surface area contributed by atoms with Crippen LogP contribution in [0.1, 0.15) is 0 Å². The van der Waals surface area contributed by atoms with E-state index in [1.165, 1.54) is 0 Å². The van der Waals surface area contributed by atoms with Crippen LogP contribution >= 0.6 is 0 Å². The van der Waals surface area contributed by atoms with Gasteiger partial charge in [0.05, 0.1) is 6.61 Å². The van der Waals surface area contributed by atoms with Crippen LogP contribution in [-0.4, -0.2) is 39.5 Å². The van der Waals surface area contributed by atoms with E-state index in [9.17, 15) is 13.2 Å². The second-order valence-electron chi connectivity index (χ2n) is 3.40. The van der Waals surface area contributed by atoms with Crippen LogP contribution in [0, 0.1) is 0 Å². The molecule has 0 aromatic carbocycles. The summed E-state index contributed by atoms with van der Waals surface area (Å²) in [4.78, 5) is 11.1. The van der Waals surface area contributed by atoms with Gasteiger partial charge in [-0.2, -0.15) is 8.42 Å². The minimum atomic E-state index is -1.96. The van der Waals surface area contributed by atoms with Gasteiger partial charge in [-0.05, 0) is 0 Å². The molecule has 2 saturated heterocycles. The van der Waals surface area contributed by atoms with Crippen molar-refractivity contribution in [1.29, 1.82) is 0 Å². The average Bonchev–Trinajstić information content (AvgIpc) is 2.98. The molecule has 3 rings (SSSR count). The van der Waals surface area contributed by atoms with Crippen molar-refractivity contribution >= 4 is 28.9 Å². The first-order valence-electron chi connectivity index (χ1n) is 4.70. The van der Waals surface area contributed by atoms with E-state index in [1.54, 1.807) is 0 Å². The third-order valence-electron chi connectivity index (χ3n) is 2.34. The van der Waals surface area contributed by atoms with Crippen molar-refractivity contribution in [2.75, 3.05) is 6.61 Å². The maximum atomic E-state index is 11.1. The van der Waals surface area contributed by atoms with Crippen LogP contribution in [0.25, 0.3) is 0 Å². The molecule has 18 heavy (non-hydrogen) atoms. The van der Waals surface area contributed by atoms with Crippen molar-refractivity contribution in [2.45, 2.75) is 18.3 Å². The topological polar surface area (TPSA) is 107 Å². The van der Waals surface area contributed by atoms with Gasteiger partial charge in [0, 0.05) is 0 Å². The molecule has 3 aliphatic heterocycles. The lowest BCUT2D eigenvalue weighted by Gasteiger charge is -2.17. The van der Waals surface area contributed by atoms with Crippen LogP contribution < -0.4 is 0 Å². The zero-order valence-corrected chi connectivity index (χ0v) is 10.1. The van der Waals surface area contributed by atoms with E-state index >= 15 is 0 Å². The lowest BCUT2D eigenvalue weighted by atomic mass is 10.1. The molecular weight excluding hydrogens is 292 g/mol. The van der Waals surface area contributed by atoms with E-state index in [1.807, 2.05) is 0 Å². The first-order valence-corrected chi connectivity index (χ1v) is 6.70. The van der Waals surface area contributed by atoms with E-state index in [4.69, 9.17) is 22.0 Å². The number of carbonyl (C=O) groups is 1. The van der Waals surface area contributed by atoms with Gasteiger partial charge < -0.3 is 17.8 Å². The van der Waals surface area contributed by atoms with Crippen molar-refractivity contribution < 1.29 is 39.4 Å². The highest BCUT2D eigenvalue weighted by Gasteiger charge is 2.50. The third-order valence-corrected chi connectivity index (χ3v) is 3.65. The number of hydrogen-bond donors (Lipinski definition) is 0. The molecule has 0 spiro atoms. The molecule has 100 valence electrons. The number of hydrogen-bond acceptors (Lipinski definition) is 9. The van der Waals surface area contributed by atoms with Crippen molar-refractivity contribution in [3.8, 4) is 0 Å². The van der Waals surface area contributed by atoms with Gasteiger partial charge in [0.15, 0.2) is 12.4 Å². The maximum Gasteiger partial charge on any atom is 0.509 e. The summed E-state index contributed by atoms with van der Waals surface area (Å²) in [6.07, 6.45) is -2.53. The molecule has 0 aromatic heterocycles. The smallest absolute Gasteiger partial charge is 0.424 e. The molecule has 0 radical (unpaired) electrons. The molecule has 3 heterocycles. The summed E-state index contributed by atoms with van der Waals surface area (Å²) >= 11 is -3.84. The van der Waals surface area contributed by atoms with Crippen LogP contribution in [0.4, 0.5) is 4.79 Å². The summed E-state index contributed by atoms with van der Waals surface area (Å²) in [5.41, 5.74) is 0. The highest BCUT2D eigenvalue weighted by atomic mass is 32.2. The predicted molar refractivity (Wildman–Crippen MR) is 52.5 cm³/mol. The highest BCUT2D eigenvalue weighted by molar-refractivity contribution is 7.75. The van der Waals surface area contributed by atoms with E-state index < -0.39 is 47.2 Å². The zero-order valence-electron chi connectivity index (χ0n) is 8.51. The Kier molecular flexibility index (Phi) is 2.97. The first kappa shape index (κ1) is 11.9. The summed E-state index contributed by atoms with van der Waals surface area (Å²) in [7, 11) is 0. The molecule has 5 unspecified atom stereocenters. The molecule has 0 saturated carbocycles. The van der Waals surface area contributed by atoms with Gasteiger partial charge in [0.2, 0.25) is 11.9 Å². The predicted octanol–water partition coefficient (Wildman–Crippen LogP) is -0.649. The average molecular weight is 298 g/mol. The minimum absolute atomic E-state index is 0.0261. The second-order valence-corrected chi connectivity index (χ2v) is 5.00. The Labute approximate surface area is 106 Å². The molecule has 0 amide bonds. The molecule has 5 atom stereocenters. The van der Waals surface area contributed by atoms with Crippen molar-refractivity contribution in [1.82, 2.24) is 0 Å². The fourth-order valence-electron chi connectivity index (χ4n) is 1.61. The zero-order chi connectivity index (χ0) is 12.7. The Morgan fingerprint density at radius 3 is 2.67 bits per heavy atom. The molecule has 3 aliphatic rings. The minimum Gasteiger partial charge on any atom is -0.424 e. The molecule has 0 bridgehead atoms. The SMILES string of the molecule is O=C1OC(C2=COS(=O)O2)C(C2COS(=O)O2)O1. The van der Waals surface area contributed by atoms with Crippen LogP contribution in [0.5, 0.6) is 0 Å². The summed E-state index contributed by atoms with van der Waals surface area (Å²) in [5, 5.41) is 0. The summed E-state index contributed by atoms with van der Waals surface area (Å²) in [6.45, 7) is -0.0261. The van der Waals surface area contributed by atoms with Crippen LogP contribution in [0.2, 0.25) is 0 Å². The van der Waals surface area contributed by atoms with Gasteiger partial charge in [-0.3, -0.25) is 8.37 Å². The number of cyclic esters (lactones) is 2. The largest absolute Gasteiger partial charge is 0.509 e. The maximum absolute atomic E-state index is 11.1. The summed E-state index contributed by atoms with van der Waals surface area (Å²) < 4.78 is 50.5. The second kappa shape index (κ2) is 4.50. The molecule has 0 aliphatic carbocycles. The van der Waals surface area contributed by atoms with Crippen LogP contribution in [0.3, 0.4) is 0 Å². The van der Waals surface area contributed by atoms with Gasteiger partial charge >= 0.3 is 28.9 Å². The van der Waals surface area contributed by atoms with Gasteiger partial charge in [-0.25, -0.2) is 4.79 Å². The monoisotopic (exact) mass is 298 g/mol. The van der Waals surface area contributed by atoms with Crippen LogP contribution in [0.15, 0.2) is 12.0 Å². The van der Waals surface area contributed by atoms with Crippen molar-refractivity contribution in [3.05, 3.63) is 12.0 Å². The Bertz CT molecular complexity index is 460. The van der Waals surface area contributed by atoms with Crippen molar-refractivity contribution in [2.24, 2.45) is 0 Å². The quantitative estimate of drug-likeness (QED) is 0.614. The van der Waals surface area contributed by atoms with Gasteiger partial charge in [-0.15, -0.1) is 0 Å². The van der Waals surface area contributed by atoms with E-state index in [-0.39, 0.29) is 12.4 Å². The number of ether oxygens (including phenoxy) is 2. The van der Waals surface area contributed by atoms with Gasteiger partial charge in [-0.1, -0.05) is 0 Å². The summed E-state index contributed by atoms with van der Waals surface area (Å²) in [6, 6.07) is 0.